The lowest BCUT2D eigenvalue weighted by Crippen LogP contribution is -1.80. The summed E-state index contributed by atoms with van der Waals surface area (Å²) in [7, 11) is 0. The third kappa shape index (κ3) is 1.03. The molecule has 0 saturated heterocycles. The zero-order valence-corrected chi connectivity index (χ0v) is 6.24. The number of aromatic amines is 2. The maximum absolute atomic E-state index is 10.3. The van der Waals surface area contributed by atoms with E-state index >= 15 is 0 Å². The highest BCUT2D eigenvalue weighted by Gasteiger charge is 2.02. The molecule has 0 atom stereocenters. The first-order valence-electron chi connectivity index (χ1n) is 3.54. The van der Waals surface area contributed by atoms with E-state index in [2.05, 4.69) is 15.0 Å². The van der Waals surface area contributed by atoms with Gasteiger partial charge in [-0.15, -0.1) is 0 Å². The molecule has 0 radical (unpaired) electrons. The fraction of sp³-hybridized carbons (Fsp3) is 0. The number of rotatable bonds is 2. The van der Waals surface area contributed by atoms with E-state index in [0.29, 0.717) is 17.8 Å². The summed E-state index contributed by atoms with van der Waals surface area (Å²) in [5, 5.41) is 0. The van der Waals surface area contributed by atoms with Crippen LogP contribution in [0, 0.1) is 0 Å². The number of imidazole rings is 1. The quantitative estimate of drug-likeness (QED) is 0.650. The van der Waals surface area contributed by atoms with Crippen LogP contribution in [0.2, 0.25) is 0 Å². The van der Waals surface area contributed by atoms with Gasteiger partial charge in [0.25, 0.3) is 0 Å². The molecule has 2 heterocycles. The van der Waals surface area contributed by atoms with E-state index in [9.17, 15) is 4.79 Å². The van der Waals surface area contributed by atoms with Gasteiger partial charge in [-0.25, -0.2) is 4.98 Å². The summed E-state index contributed by atoms with van der Waals surface area (Å²) < 4.78 is 0. The minimum Gasteiger partial charge on any atom is -0.359 e. The zero-order chi connectivity index (χ0) is 8.39. The SMILES string of the molecule is O=Cc1c[nH]c(-c2ccc[nH]2)n1. The van der Waals surface area contributed by atoms with Crippen LogP contribution in [0.3, 0.4) is 0 Å². The Balaban J connectivity index is 2.41. The molecule has 0 aliphatic rings. The number of carbonyl (C=O) groups is 1. The molecule has 0 fully saturated rings. The van der Waals surface area contributed by atoms with Crippen molar-refractivity contribution in [1.82, 2.24) is 15.0 Å². The van der Waals surface area contributed by atoms with Gasteiger partial charge in [0.2, 0.25) is 0 Å². The first-order chi connectivity index (χ1) is 5.90. The number of aromatic nitrogens is 3. The van der Waals surface area contributed by atoms with E-state index in [1.165, 1.54) is 0 Å². The third-order valence-corrected chi connectivity index (χ3v) is 1.57. The van der Waals surface area contributed by atoms with Gasteiger partial charge in [-0.2, -0.15) is 0 Å². The number of aldehydes is 1. The lowest BCUT2D eigenvalue weighted by Gasteiger charge is -1.87. The van der Waals surface area contributed by atoms with Gasteiger partial charge in [-0.3, -0.25) is 4.79 Å². The van der Waals surface area contributed by atoms with Crippen molar-refractivity contribution in [2.45, 2.75) is 0 Å². The molecule has 0 aliphatic heterocycles. The van der Waals surface area contributed by atoms with Crippen LogP contribution >= 0.6 is 0 Å². The molecule has 0 aliphatic carbocycles. The molecular weight excluding hydrogens is 154 g/mol. The van der Waals surface area contributed by atoms with Crippen molar-refractivity contribution < 1.29 is 4.79 Å². The first-order valence-corrected chi connectivity index (χ1v) is 3.54. The molecular formula is C8H7N3O. The lowest BCUT2D eigenvalue weighted by atomic mass is 10.4. The van der Waals surface area contributed by atoms with Crippen LogP contribution < -0.4 is 0 Å². The van der Waals surface area contributed by atoms with Crippen LogP contribution in [0.15, 0.2) is 24.5 Å². The van der Waals surface area contributed by atoms with Crippen LogP contribution in [0.5, 0.6) is 0 Å². The molecule has 0 spiro atoms. The van der Waals surface area contributed by atoms with E-state index < -0.39 is 0 Å². The monoisotopic (exact) mass is 161 g/mol. The molecule has 4 nitrogen and oxygen atoms in total. The van der Waals surface area contributed by atoms with Crippen molar-refractivity contribution in [3.63, 3.8) is 0 Å². The van der Waals surface area contributed by atoms with Gasteiger partial charge in [0.15, 0.2) is 12.1 Å². The van der Waals surface area contributed by atoms with Crippen LogP contribution in [0.4, 0.5) is 0 Å². The summed E-state index contributed by atoms with van der Waals surface area (Å²) in [6.07, 6.45) is 4.09. The number of nitrogens with zero attached hydrogens (tertiary/aromatic N) is 1. The van der Waals surface area contributed by atoms with Crippen molar-refractivity contribution in [2.75, 3.05) is 0 Å². The summed E-state index contributed by atoms with van der Waals surface area (Å²) >= 11 is 0. The standard InChI is InChI=1S/C8H7N3O/c12-5-6-4-10-8(11-6)7-2-1-3-9-7/h1-5,9H,(H,10,11). The summed E-state index contributed by atoms with van der Waals surface area (Å²) in [6, 6.07) is 3.76. The molecule has 0 saturated carbocycles. The highest BCUT2D eigenvalue weighted by molar-refractivity contribution is 5.72. The van der Waals surface area contributed by atoms with Crippen LogP contribution in [-0.2, 0) is 0 Å². The average molecular weight is 161 g/mol. The molecule has 4 heteroatoms. The van der Waals surface area contributed by atoms with Crippen LogP contribution in [0.25, 0.3) is 11.5 Å². The number of carbonyl (C=O) groups excluding carboxylic acids is 1. The summed E-state index contributed by atoms with van der Waals surface area (Å²) in [5.74, 6) is 0.683. The highest BCUT2D eigenvalue weighted by Crippen LogP contribution is 2.11. The average Bonchev–Trinajstić information content (AvgIpc) is 2.75. The molecule has 2 rings (SSSR count). The molecule has 60 valence electrons. The first kappa shape index (κ1) is 6.84. The minimum atomic E-state index is 0.416. The Kier molecular flexibility index (Phi) is 1.51. The van der Waals surface area contributed by atoms with Gasteiger partial charge >= 0.3 is 0 Å². The predicted molar refractivity (Wildman–Crippen MR) is 43.8 cm³/mol. The molecule has 12 heavy (non-hydrogen) atoms. The Morgan fingerprint density at radius 2 is 2.33 bits per heavy atom. The number of H-pyrrole nitrogens is 2. The molecule has 0 bridgehead atoms. The zero-order valence-electron chi connectivity index (χ0n) is 6.24. The summed E-state index contributed by atoms with van der Waals surface area (Å²) in [5.41, 5.74) is 1.29. The van der Waals surface area contributed by atoms with Crippen LogP contribution in [0.1, 0.15) is 10.5 Å². The molecule has 0 unspecified atom stereocenters. The topological polar surface area (TPSA) is 61.5 Å². The fourth-order valence-corrected chi connectivity index (χ4v) is 1.01. The third-order valence-electron chi connectivity index (χ3n) is 1.57. The van der Waals surface area contributed by atoms with Gasteiger partial charge in [0, 0.05) is 12.4 Å². The maximum atomic E-state index is 10.3. The largest absolute Gasteiger partial charge is 0.359 e. The van der Waals surface area contributed by atoms with Crippen molar-refractivity contribution in [2.24, 2.45) is 0 Å². The number of nitrogens with one attached hydrogen (secondary N) is 2. The Bertz CT molecular complexity index is 375. The second kappa shape index (κ2) is 2.65. The fourth-order valence-electron chi connectivity index (χ4n) is 1.01. The van der Waals surface area contributed by atoms with E-state index in [0.717, 1.165) is 5.69 Å². The van der Waals surface area contributed by atoms with Crippen molar-refractivity contribution >= 4 is 6.29 Å². The van der Waals surface area contributed by atoms with E-state index in [1.54, 1.807) is 12.4 Å². The number of hydrogen-bond acceptors (Lipinski definition) is 2. The van der Waals surface area contributed by atoms with Gasteiger partial charge in [-0.1, -0.05) is 0 Å². The maximum Gasteiger partial charge on any atom is 0.170 e. The minimum absolute atomic E-state index is 0.416. The van der Waals surface area contributed by atoms with Gasteiger partial charge < -0.3 is 9.97 Å². The summed E-state index contributed by atoms with van der Waals surface area (Å²) in [6.45, 7) is 0. The summed E-state index contributed by atoms with van der Waals surface area (Å²) in [4.78, 5) is 20.2. The van der Waals surface area contributed by atoms with Crippen molar-refractivity contribution in [1.29, 1.82) is 0 Å². The van der Waals surface area contributed by atoms with E-state index in [-0.39, 0.29) is 0 Å². The number of hydrogen-bond donors (Lipinski definition) is 2. The molecule has 0 amide bonds. The van der Waals surface area contributed by atoms with E-state index in [1.807, 2.05) is 12.1 Å². The highest BCUT2D eigenvalue weighted by atomic mass is 16.1. The molecule has 0 aromatic carbocycles. The lowest BCUT2D eigenvalue weighted by molar-refractivity contribution is 0.111. The molecule has 2 aromatic rings. The Hall–Kier alpha value is -1.84. The Morgan fingerprint density at radius 1 is 1.42 bits per heavy atom. The predicted octanol–water partition coefficient (Wildman–Crippen LogP) is 1.22. The Labute approximate surface area is 68.7 Å². The van der Waals surface area contributed by atoms with Crippen LogP contribution in [-0.4, -0.2) is 21.2 Å². The molecule has 2 N–H and O–H groups in total. The van der Waals surface area contributed by atoms with Crippen molar-refractivity contribution in [3.8, 4) is 11.5 Å². The Morgan fingerprint density at radius 3 is 2.92 bits per heavy atom. The van der Waals surface area contributed by atoms with E-state index in [4.69, 9.17) is 0 Å². The second-order valence-corrected chi connectivity index (χ2v) is 2.38. The van der Waals surface area contributed by atoms with Gasteiger partial charge in [0.1, 0.15) is 5.69 Å². The van der Waals surface area contributed by atoms with Crippen molar-refractivity contribution in [3.05, 3.63) is 30.2 Å². The van der Waals surface area contributed by atoms with Gasteiger partial charge in [-0.05, 0) is 12.1 Å². The molecule has 2 aromatic heterocycles. The van der Waals surface area contributed by atoms with Gasteiger partial charge in [0.05, 0.1) is 5.69 Å². The normalized spacial score (nSPS) is 10.0. The second-order valence-electron chi connectivity index (χ2n) is 2.38. The smallest absolute Gasteiger partial charge is 0.170 e.